The van der Waals surface area contributed by atoms with Crippen LogP contribution >= 0.6 is 0 Å². The molecule has 0 aromatic carbocycles. The van der Waals surface area contributed by atoms with Gasteiger partial charge in [0.2, 0.25) is 0 Å². The molecule has 2 aromatic rings. The van der Waals surface area contributed by atoms with Gasteiger partial charge in [0.1, 0.15) is 6.54 Å². The number of rotatable bonds is 3. The molecule has 2 rings (SSSR count). The molecule has 82 valence electrons. The fourth-order valence-electron chi connectivity index (χ4n) is 1.30. The van der Waals surface area contributed by atoms with Gasteiger partial charge in [-0.3, -0.25) is 9.59 Å². The third kappa shape index (κ3) is 2.00. The molecule has 0 fully saturated rings. The van der Waals surface area contributed by atoms with Crippen molar-refractivity contribution in [2.75, 3.05) is 6.54 Å². The first kappa shape index (κ1) is 10.2. The number of pyridine rings is 1. The topological polar surface area (TPSA) is 83.7 Å². The van der Waals surface area contributed by atoms with Crippen molar-refractivity contribution in [3.05, 3.63) is 36.2 Å². The molecule has 16 heavy (non-hydrogen) atoms. The third-order valence-corrected chi connectivity index (χ3v) is 2.00. The van der Waals surface area contributed by atoms with Gasteiger partial charge in [-0.25, -0.2) is 4.52 Å². The fourth-order valence-corrected chi connectivity index (χ4v) is 1.30. The van der Waals surface area contributed by atoms with Crippen LogP contribution in [-0.4, -0.2) is 33.1 Å². The number of aliphatic carboxylic acids is 1. The van der Waals surface area contributed by atoms with Crippen LogP contribution in [0.2, 0.25) is 0 Å². The highest BCUT2D eigenvalue weighted by atomic mass is 16.4. The van der Waals surface area contributed by atoms with Crippen molar-refractivity contribution in [3.63, 3.8) is 0 Å². The Hall–Kier alpha value is -2.37. The summed E-state index contributed by atoms with van der Waals surface area (Å²) < 4.78 is 1.55. The molecule has 2 aromatic heterocycles. The molecule has 6 heteroatoms. The van der Waals surface area contributed by atoms with Gasteiger partial charge < -0.3 is 10.4 Å². The molecule has 6 nitrogen and oxygen atoms in total. The summed E-state index contributed by atoms with van der Waals surface area (Å²) in [5.41, 5.74) is 0.982. The summed E-state index contributed by atoms with van der Waals surface area (Å²) in [4.78, 5) is 21.7. The van der Waals surface area contributed by atoms with Gasteiger partial charge in [-0.15, -0.1) is 0 Å². The number of fused-ring (bicyclic) bond motifs is 1. The predicted molar refractivity (Wildman–Crippen MR) is 55.2 cm³/mol. The monoisotopic (exact) mass is 219 g/mol. The van der Waals surface area contributed by atoms with Crippen LogP contribution in [0.1, 0.15) is 10.5 Å². The van der Waals surface area contributed by atoms with Gasteiger partial charge in [-0.2, -0.15) is 5.10 Å². The van der Waals surface area contributed by atoms with Crippen LogP contribution in [0.4, 0.5) is 0 Å². The minimum atomic E-state index is -1.09. The van der Waals surface area contributed by atoms with Gasteiger partial charge in [0.15, 0.2) is 5.69 Å². The van der Waals surface area contributed by atoms with Gasteiger partial charge >= 0.3 is 5.97 Å². The van der Waals surface area contributed by atoms with Crippen LogP contribution in [0.15, 0.2) is 30.5 Å². The quantitative estimate of drug-likeness (QED) is 0.769. The number of amides is 1. The Morgan fingerprint density at radius 2 is 2.25 bits per heavy atom. The van der Waals surface area contributed by atoms with Crippen LogP contribution in [0, 0.1) is 0 Å². The molecule has 0 bridgehead atoms. The van der Waals surface area contributed by atoms with E-state index in [2.05, 4.69) is 10.4 Å². The molecule has 0 aliphatic rings. The summed E-state index contributed by atoms with van der Waals surface area (Å²) in [7, 11) is 0. The fraction of sp³-hybridized carbons (Fsp3) is 0.100. The van der Waals surface area contributed by atoms with Gasteiger partial charge in [0.25, 0.3) is 5.91 Å². The maximum Gasteiger partial charge on any atom is 0.322 e. The summed E-state index contributed by atoms with van der Waals surface area (Å²) in [6, 6.07) is 7.02. The van der Waals surface area contributed by atoms with E-state index < -0.39 is 18.4 Å². The predicted octanol–water partition coefficient (Wildman–Crippen LogP) is 0.149. The first-order chi connectivity index (χ1) is 7.66. The normalized spacial score (nSPS) is 10.2. The molecule has 0 aliphatic carbocycles. The van der Waals surface area contributed by atoms with E-state index in [1.165, 1.54) is 0 Å². The summed E-state index contributed by atoms with van der Waals surface area (Å²) in [6.45, 7) is -0.410. The second-order valence-corrected chi connectivity index (χ2v) is 3.18. The third-order valence-electron chi connectivity index (χ3n) is 2.00. The average molecular weight is 219 g/mol. The van der Waals surface area contributed by atoms with E-state index in [4.69, 9.17) is 5.11 Å². The van der Waals surface area contributed by atoms with E-state index in [0.717, 1.165) is 5.52 Å². The molecule has 2 heterocycles. The van der Waals surface area contributed by atoms with Crippen molar-refractivity contribution in [1.82, 2.24) is 14.9 Å². The average Bonchev–Trinajstić information content (AvgIpc) is 2.69. The number of carbonyl (C=O) groups is 2. The highest BCUT2D eigenvalue weighted by molar-refractivity contribution is 5.95. The summed E-state index contributed by atoms with van der Waals surface area (Å²) in [5.74, 6) is -1.58. The Kier molecular flexibility index (Phi) is 2.55. The Bertz CT molecular complexity index is 514. The van der Waals surface area contributed by atoms with Crippen molar-refractivity contribution in [2.45, 2.75) is 0 Å². The van der Waals surface area contributed by atoms with Crippen molar-refractivity contribution < 1.29 is 14.7 Å². The van der Waals surface area contributed by atoms with Crippen molar-refractivity contribution in [2.24, 2.45) is 0 Å². The minimum Gasteiger partial charge on any atom is -0.480 e. The first-order valence-electron chi connectivity index (χ1n) is 4.61. The number of nitrogens with one attached hydrogen (secondary N) is 1. The Balaban J connectivity index is 2.20. The molecule has 0 aliphatic heterocycles. The van der Waals surface area contributed by atoms with Gasteiger partial charge in [-0.05, 0) is 18.2 Å². The van der Waals surface area contributed by atoms with Gasteiger partial charge in [-0.1, -0.05) is 6.07 Å². The lowest BCUT2D eigenvalue weighted by Gasteiger charge is -1.96. The lowest BCUT2D eigenvalue weighted by Crippen LogP contribution is -2.29. The van der Waals surface area contributed by atoms with Crippen molar-refractivity contribution >= 4 is 17.4 Å². The summed E-state index contributed by atoms with van der Waals surface area (Å²) in [6.07, 6.45) is 1.71. The standard InChI is InChI=1S/C10H9N3O3/c14-9(15)6-11-10(16)8-5-7-3-1-2-4-13(7)12-8/h1-5H,6H2,(H,11,16)(H,14,15). The van der Waals surface area contributed by atoms with Crippen LogP contribution in [0.5, 0.6) is 0 Å². The van der Waals surface area contributed by atoms with Gasteiger partial charge in [0, 0.05) is 6.20 Å². The maximum absolute atomic E-state index is 11.5. The number of hydrogen-bond acceptors (Lipinski definition) is 3. The zero-order valence-electron chi connectivity index (χ0n) is 8.25. The molecule has 0 unspecified atom stereocenters. The molecule has 0 radical (unpaired) electrons. The van der Waals surface area contributed by atoms with E-state index in [-0.39, 0.29) is 5.69 Å². The molecular weight excluding hydrogens is 210 g/mol. The van der Waals surface area contributed by atoms with E-state index in [9.17, 15) is 9.59 Å². The van der Waals surface area contributed by atoms with Crippen molar-refractivity contribution in [3.8, 4) is 0 Å². The second kappa shape index (κ2) is 4.01. The first-order valence-corrected chi connectivity index (χ1v) is 4.61. The molecule has 0 atom stereocenters. The van der Waals surface area contributed by atoms with E-state index in [0.29, 0.717) is 0 Å². The number of carboxylic acid groups (broad SMARTS) is 1. The van der Waals surface area contributed by atoms with Crippen LogP contribution in [-0.2, 0) is 4.79 Å². The molecular formula is C10H9N3O3. The summed E-state index contributed by atoms with van der Waals surface area (Å²) >= 11 is 0. The largest absolute Gasteiger partial charge is 0.480 e. The Morgan fingerprint density at radius 3 is 2.94 bits per heavy atom. The zero-order chi connectivity index (χ0) is 11.5. The van der Waals surface area contributed by atoms with Crippen molar-refractivity contribution in [1.29, 1.82) is 0 Å². The number of carbonyl (C=O) groups excluding carboxylic acids is 1. The lowest BCUT2D eigenvalue weighted by molar-refractivity contribution is -0.135. The molecule has 0 spiro atoms. The zero-order valence-corrected chi connectivity index (χ0v) is 8.25. The maximum atomic E-state index is 11.5. The smallest absolute Gasteiger partial charge is 0.322 e. The van der Waals surface area contributed by atoms with E-state index >= 15 is 0 Å². The highest BCUT2D eigenvalue weighted by Crippen LogP contribution is 2.05. The SMILES string of the molecule is O=C(O)CNC(=O)c1cc2ccccn2n1. The second-order valence-electron chi connectivity index (χ2n) is 3.18. The Labute approximate surface area is 90.5 Å². The van der Waals surface area contributed by atoms with E-state index in [1.54, 1.807) is 28.9 Å². The van der Waals surface area contributed by atoms with Gasteiger partial charge in [0.05, 0.1) is 5.52 Å². The Morgan fingerprint density at radius 1 is 1.44 bits per heavy atom. The molecule has 1 amide bonds. The summed E-state index contributed by atoms with van der Waals surface area (Å²) in [5, 5.41) is 14.7. The minimum absolute atomic E-state index is 0.201. The van der Waals surface area contributed by atoms with Crippen LogP contribution in [0.3, 0.4) is 0 Å². The van der Waals surface area contributed by atoms with E-state index in [1.807, 2.05) is 6.07 Å². The number of aromatic nitrogens is 2. The lowest BCUT2D eigenvalue weighted by atomic mass is 10.3. The molecule has 2 N–H and O–H groups in total. The van der Waals surface area contributed by atoms with Crippen LogP contribution < -0.4 is 5.32 Å². The number of hydrogen-bond donors (Lipinski definition) is 2. The molecule has 0 saturated heterocycles. The number of carboxylic acids is 1. The molecule has 0 saturated carbocycles. The number of nitrogens with zero attached hydrogens (tertiary/aromatic N) is 2. The highest BCUT2D eigenvalue weighted by Gasteiger charge is 2.10. The van der Waals surface area contributed by atoms with Crippen LogP contribution in [0.25, 0.3) is 5.52 Å².